The van der Waals surface area contributed by atoms with Crippen LogP contribution in [0, 0.1) is 17.2 Å². The second-order valence-corrected chi connectivity index (χ2v) is 9.33. The van der Waals surface area contributed by atoms with Crippen LogP contribution in [0.25, 0.3) is 21.8 Å². The number of nitrogens with zero attached hydrogens (tertiary/aromatic N) is 1. The third-order valence-corrected chi connectivity index (χ3v) is 5.97. The van der Waals surface area contributed by atoms with E-state index in [2.05, 4.69) is 37.6 Å². The number of hydrogen-bond acceptors (Lipinski definition) is 3. The van der Waals surface area contributed by atoms with Gasteiger partial charge < -0.3 is 15.6 Å². The number of nitrogens with one attached hydrogen (secondary N) is 3. The Bertz CT molecular complexity index is 1190. The molecule has 1 aliphatic rings. The number of nitriles is 1. The zero-order valence-corrected chi connectivity index (χ0v) is 18.5. The lowest BCUT2D eigenvalue weighted by Gasteiger charge is -2.21. The summed E-state index contributed by atoms with van der Waals surface area (Å²) in [5, 5.41) is 17.0. The van der Waals surface area contributed by atoms with Gasteiger partial charge in [-0.1, -0.05) is 41.9 Å². The van der Waals surface area contributed by atoms with Crippen molar-refractivity contribution in [3.8, 4) is 6.07 Å². The first-order valence-electron chi connectivity index (χ1n) is 10.1. The fourth-order valence-corrected chi connectivity index (χ4v) is 4.04. The highest BCUT2D eigenvalue weighted by molar-refractivity contribution is 9.10. The molecule has 0 aliphatic heterocycles. The predicted molar refractivity (Wildman–Crippen MR) is 120 cm³/mol. The molecule has 1 aliphatic carbocycles. The summed E-state index contributed by atoms with van der Waals surface area (Å²) in [7, 11) is 0. The standard InChI is InChI=1S/C23H23BrN4O2/c1-13(2)9-20(22(30)28-23(12-25)7-8-23)27-21(29)14-3-5-16-17-6-4-15(24)11-19(17)26-18(16)10-14/h3-6,10-11,13,20,26H,7-9H2,1-2H3,(H,27,29)(H,28,30). The van der Waals surface area contributed by atoms with Gasteiger partial charge in [-0.25, -0.2) is 0 Å². The SMILES string of the molecule is CC(C)CC(NC(=O)c1ccc2c(c1)[nH]c1cc(Br)ccc12)C(=O)NC1(C#N)CC1. The van der Waals surface area contributed by atoms with Crippen LogP contribution in [-0.4, -0.2) is 28.4 Å². The summed E-state index contributed by atoms with van der Waals surface area (Å²) in [6, 6.07) is 13.0. The maximum absolute atomic E-state index is 12.9. The van der Waals surface area contributed by atoms with E-state index in [0.717, 1.165) is 26.3 Å². The van der Waals surface area contributed by atoms with Gasteiger partial charge in [0.15, 0.2) is 0 Å². The Labute approximate surface area is 183 Å². The van der Waals surface area contributed by atoms with E-state index < -0.39 is 11.6 Å². The van der Waals surface area contributed by atoms with Gasteiger partial charge in [0.2, 0.25) is 5.91 Å². The smallest absolute Gasteiger partial charge is 0.252 e. The molecule has 0 bridgehead atoms. The molecule has 30 heavy (non-hydrogen) atoms. The number of hydrogen-bond donors (Lipinski definition) is 3. The van der Waals surface area contributed by atoms with Gasteiger partial charge in [0, 0.05) is 31.8 Å². The van der Waals surface area contributed by atoms with E-state index >= 15 is 0 Å². The second kappa shape index (κ2) is 7.77. The molecule has 1 aromatic heterocycles. The quantitative estimate of drug-likeness (QED) is 0.501. The van der Waals surface area contributed by atoms with Crippen molar-refractivity contribution in [2.24, 2.45) is 5.92 Å². The fraction of sp³-hybridized carbons (Fsp3) is 0.348. The van der Waals surface area contributed by atoms with Gasteiger partial charge in [0.1, 0.15) is 11.6 Å². The summed E-state index contributed by atoms with van der Waals surface area (Å²) < 4.78 is 0.980. The highest BCUT2D eigenvalue weighted by Crippen LogP contribution is 2.34. The molecule has 1 atom stereocenters. The first kappa shape index (κ1) is 20.4. The largest absolute Gasteiger partial charge is 0.354 e. The second-order valence-electron chi connectivity index (χ2n) is 8.41. The first-order valence-corrected chi connectivity index (χ1v) is 10.8. The molecule has 1 unspecified atom stereocenters. The number of H-pyrrole nitrogens is 1. The van der Waals surface area contributed by atoms with E-state index in [1.807, 2.05) is 38.1 Å². The number of aromatic amines is 1. The van der Waals surface area contributed by atoms with Crippen molar-refractivity contribution in [2.45, 2.75) is 44.7 Å². The van der Waals surface area contributed by atoms with Crippen LogP contribution in [0.5, 0.6) is 0 Å². The lowest BCUT2D eigenvalue weighted by atomic mass is 10.0. The average molecular weight is 467 g/mol. The Morgan fingerprint density at radius 3 is 2.47 bits per heavy atom. The van der Waals surface area contributed by atoms with Gasteiger partial charge in [0.25, 0.3) is 5.91 Å². The Morgan fingerprint density at radius 1 is 1.17 bits per heavy atom. The molecule has 0 spiro atoms. The predicted octanol–water partition coefficient (Wildman–Crippen LogP) is 4.40. The van der Waals surface area contributed by atoms with E-state index in [1.165, 1.54) is 0 Å². The summed E-state index contributed by atoms with van der Waals surface area (Å²) in [4.78, 5) is 29.0. The third kappa shape index (κ3) is 4.05. The summed E-state index contributed by atoms with van der Waals surface area (Å²) in [5.41, 5.74) is 1.58. The first-order chi connectivity index (χ1) is 14.3. The van der Waals surface area contributed by atoms with Gasteiger partial charge in [-0.3, -0.25) is 9.59 Å². The Balaban J connectivity index is 1.57. The molecule has 1 fully saturated rings. The highest BCUT2D eigenvalue weighted by Gasteiger charge is 2.45. The van der Waals surface area contributed by atoms with Gasteiger partial charge in [0.05, 0.1) is 6.07 Å². The van der Waals surface area contributed by atoms with Crippen LogP contribution >= 0.6 is 15.9 Å². The summed E-state index contributed by atoms with van der Waals surface area (Å²) >= 11 is 3.48. The molecule has 0 saturated heterocycles. The molecule has 1 saturated carbocycles. The van der Waals surface area contributed by atoms with E-state index in [1.54, 1.807) is 12.1 Å². The highest BCUT2D eigenvalue weighted by atomic mass is 79.9. The third-order valence-electron chi connectivity index (χ3n) is 5.48. The number of fused-ring (bicyclic) bond motifs is 3. The lowest BCUT2D eigenvalue weighted by molar-refractivity contribution is -0.123. The van der Waals surface area contributed by atoms with Crippen molar-refractivity contribution in [3.05, 3.63) is 46.4 Å². The van der Waals surface area contributed by atoms with Gasteiger partial charge in [-0.05, 0) is 49.4 Å². The average Bonchev–Trinajstić information content (AvgIpc) is 3.38. The zero-order valence-electron chi connectivity index (χ0n) is 16.9. The summed E-state index contributed by atoms with van der Waals surface area (Å²) in [6.45, 7) is 4.00. The topological polar surface area (TPSA) is 97.8 Å². The summed E-state index contributed by atoms with van der Waals surface area (Å²) in [5.74, 6) is -0.389. The molecule has 7 heteroatoms. The van der Waals surface area contributed by atoms with Crippen LogP contribution in [0.15, 0.2) is 40.9 Å². The molecule has 154 valence electrons. The molecule has 2 amide bonds. The number of amides is 2. The molecule has 0 radical (unpaired) electrons. The fourth-order valence-electron chi connectivity index (χ4n) is 3.68. The molecule has 6 nitrogen and oxygen atoms in total. The van der Waals surface area contributed by atoms with Crippen molar-refractivity contribution in [1.82, 2.24) is 15.6 Å². The maximum atomic E-state index is 12.9. The molecule has 1 heterocycles. The minimum Gasteiger partial charge on any atom is -0.354 e. The summed E-state index contributed by atoms with van der Waals surface area (Å²) in [6.07, 6.45) is 1.82. The Hall–Kier alpha value is -2.85. The van der Waals surface area contributed by atoms with E-state index in [-0.39, 0.29) is 17.7 Å². The van der Waals surface area contributed by atoms with Gasteiger partial charge in [-0.15, -0.1) is 0 Å². The zero-order chi connectivity index (χ0) is 21.5. The number of benzene rings is 2. The van der Waals surface area contributed by atoms with Crippen LogP contribution in [0.1, 0.15) is 43.5 Å². The van der Waals surface area contributed by atoms with E-state index in [0.29, 0.717) is 24.8 Å². The number of rotatable bonds is 6. The lowest BCUT2D eigenvalue weighted by Crippen LogP contribution is -2.50. The van der Waals surface area contributed by atoms with E-state index in [9.17, 15) is 14.9 Å². The van der Waals surface area contributed by atoms with Gasteiger partial charge >= 0.3 is 0 Å². The van der Waals surface area contributed by atoms with Crippen molar-refractivity contribution in [1.29, 1.82) is 5.26 Å². The van der Waals surface area contributed by atoms with Crippen LogP contribution in [-0.2, 0) is 4.79 Å². The molecular formula is C23H23BrN4O2. The monoisotopic (exact) mass is 466 g/mol. The van der Waals surface area contributed by atoms with Crippen molar-refractivity contribution >= 4 is 49.6 Å². The van der Waals surface area contributed by atoms with Crippen LogP contribution in [0.2, 0.25) is 0 Å². The van der Waals surface area contributed by atoms with Gasteiger partial charge in [-0.2, -0.15) is 5.26 Å². The Morgan fingerprint density at radius 2 is 1.83 bits per heavy atom. The number of aromatic nitrogens is 1. The molecule has 2 aromatic carbocycles. The molecule has 3 N–H and O–H groups in total. The number of carbonyl (C=O) groups is 2. The van der Waals surface area contributed by atoms with Crippen LogP contribution < -0.4 is 10.6 Å². The normalized spacial score (nSPS) is 15.7. The minimum atomic E-state index is -0.755. The van der Waals surface area contributed by atoms with Crippen LogP contribution in [0.4, 0.5) is 0 Å². The minimum absolute atomic E-state index is 0.216. The molecule has 3 aromatic rings. The van der Waals surface area contributed by atoms with Crippen molar-refractivity contribution < 1.29 is 9.59 Å². The van der Waals surface area contributed by atoms with Crippen LogP contribution in [0.3, 0.4) is 0 Å². The Kier molecular flexibility index (Phi) is 5.29. The number of halogens is 1. The maximum Gasteiger partial charge on any atom is 0.252 e. The van der Waals surface area contributed by atoms with Crippen molar-refractivity contribution in [2.75, 3.05) is 0 Å². The number of carbonyl (C=O) groups excluding carboxylic acids is 2. The van der Waals surface area contributed by atoms with E-state index in [4.69, 9.17) is 0 Å². The van der Waals surface area contributed by atoms with Crippen molar-refractivity contribution in [3.63, 3.8) is 0 Å². The molecule has 4 rings (SSSR count). The molecular weight excluding hydrogens is 444 g/mol.